The first-order chi connectivity index (χ1) is 8.04. The molecule has 0 aromatic heterocycles. The van der Waals surface area contributed by atoms with Crippen LogP contribution < -0.4 is 24.8 Å². The maximum absolute atomic E-state index is 2.24. The predicted molar refractivity (Wildman–Crippen MR) is 81.9 cm³/mol. The summed E-state index contributed by atoms with van der Waals surface area (Å²) in [6.45, 7) is 13.1. The van der Waals surface area contributed by atoms with Gasteiger partial charge in [0.1, 0.15) is 0 Å². The Kier molecular flexibility index (Phi) is 24.9. The molecule has 0 heterocycles. The Morgan fingerprint density at radius 1 is 1.00 bits per heavy atom. The van der Waals surface area contributed by atoms with E-state index < -0.39 is 0 Å². The van der Waals surface area contributed by atoms with Gasteiger partial charge in [0.2, 0.25) is 0 Å². The SMILES string of the molecule is C[SiH]C.Cc1c[c-](C)c(C)c1C.[Cl-].[Cl-].[Zr+4].c1cc[cH-]c1. The molecule has 0 saturated heterocycles. The van der Waals surface area contributed by atoms with Gasteiger partial charge in [-0.2, -0.15) is 46.5 Å². The molecule has 2 aromatic rings. The molecular weight excluding hydrogens is 382 g/mol. The van der Waals surface area contributed by atoms with E-state index in [9.17, 15) is 0 Å². The minimum absolute atomic E-state index is 0. The number of hydrogen-bond acceptors (Lipinski definition) is 0. The van der Waals surface area contributed by atoms with Gasteiger partial charge in [-0.25, -0.2) is 12.1 Å². The van der Waals surface area contributed by atoms with Gasteiger partial charge in [0.15, 0.2) is 0 Å². The molecular formula is C16H25Cl2SiZr. The average molecular weight is 408 g/mol. The van der Waals surface area contributed by atoms with Crippen LogP contribution in [0.15, 0.2) is 36.4 Å². The van der Waals surface area contributed by atoms with Crippen molar-refractivity contribution in [3.63, 3.8) is 0 Å². The first-order valence-corrected chi connectivity index (χ1v) is 8.46. The maximum Gasteiger partial charge on any atom is 4.00 e. The second-order valence-electron chi connectivity index (χ2n) is 4.30. The van der Waals surface area contributed by atoms with E-state index >= 15 is 0 Å². The summed E-state index contributed by atoms with van der Waals surface area (Å²) in [5.74, 6) is 0. The molecule has 111 valence electrons. The van der Waals surface area contributed by atoms with Gasteiger partial charge in [0, 0.05) is 9.52 Å². The molecule has 0 bridgehead atoms. The molecule has 4 heteroatoms. The quantitative estimate of drug-likeness (QED) is 0.371. The molecule has 0 aliphatic heterocycles. The largest absolute Gasteiger partial charge is 4.00 e. The number of aryl methyl sites for hydroxylation is 2. The fourth-order valence-electron chi connectivity index (χ4n) is 1.45. The summed E-state index contributed by atoms with van der Waals surface area (Å²) in [6, 6.07) is 12.2. The van der Waals surface area contributed by atoms with Crippen molar-refractivity contribution in [3.05, 3.63) is 58.7 Å². The van der Waals surface area contributed by atoms with Crippen LogP contribution in [0.5, 0.6) is 0 Å². The summed E-state index contributed by atoms with van der Waals surface area (Å²) >= 11 is 0. The average Bonchev–Trinajstić information content (AvgIpc) is 2.91. The Morgan fingerprint density at radius 3 is 1.50 bits per heavy atom. The van der Waals surface area contributed by atoms with Crippen LogP contribution in [0.1, 0.15) is 22.3 Å². The molecule has 0 amide bonds. The molecule has 0 atom stereocenters. The second kappa shape index (κ2) is 17.4. The zero-order valence-electron chi connectivity index (χ0n) is 13.3. The second-order valence-corrected chi connectivity index (χ2v) is 5.45. The minimum atomic E-state index is 0. The van der Waals surface area contributed by atoms with E-state index in [1.165, 1.54) is 22.3 Å². The van der Waals surface area contributed by atoms with Gasteiger partial charge in [-0.3, -0.25) is 0 Å². The van der Waals surface area contributed by atoms with E-state index in [2.05, 4.69) is 46.9 Å². The van der Waals surface area contributed by atoms with Gasteiger partial charge in [-0.1, -0.05) is 40.8 Å². The monoisotopic (exact) mass is 405 g/mol. The third-order valence-corrected chi connectivity index (χ3v) is 2.73. The van der Waals surface area contributed by atoms with Gasteiger partial charge in [-0.15, -0.1) is 0 Å². The number of rotatable bonds is 0. The molecule has 1 radical (unpaired) electrons. The van der Waals surface area contributed by atoms with Crippen LogP contribution in [0.4, 0.5) is 0 Å². The zero-order chi connectivity index (χ0) is 13.3. The van der Waals surface area contributed by atoms with Crippen LogP contribution in [0.25, 0.3) is 0 Å². The number of hydrogen-bond donors (Lipinski definition) is 0. The molecule has 0 aliphatic carbocycles. The van der Waals surface area contributed by atoms with E-state index in [1.807, 2.05) is 30.3 Å². The standard InChI is InChI=1S/C9H13.C5H5.C2H7Si.2ClH.Zr/c1-6-5-7(2)9(4)8(6)3;1-2-4-5-3-1;1-3-2;;;/h5H,1-4H3;1-5H;3H,1-2H3;2*1H;/q2*-1;;;;+4/p-2. The summed E-state index contributed by atoms with van der Waals surface area (Å²) < 4.78 is 0. The third kappa shape index (κ3) is 12.1. The van der Waals surface area contributed by atoms with Crippen molar-refractivity contribution >= 4 is 9.52 Å². The Hall–Kier alpha value is 0.380. The molecule has 20 heavy (non-hydrogen) atoms. The molecule has 0 aliphatic rings. The molecule has 0 N–H and O–H groups in total. The van der Waals surface area contributed by atoms with Gasteiger partial charge in [-0.05, 0) is 0 Å². The van der Waals surface area contributed by atoms with Crippen molar-refractivity contribution in [1.29, 1.82) is 0 Å². The van der Waals surface area contributed by atoms with Crippen LogP contribution in [-0.2, 0) is 26.2 Å². The van der Waals surface area contributed by atoms with E-state index in [0.29, 0.717) is 0 Å². The Morgan fingerprint density at radius 2 is 1.40 bits per heavy atom. The van der Waals surface area contributed by atoms with Crippen LogP contribution in [0.3, 0.4) is 0 Å². The summed E-state index contributed by atoms with van der Waals surface area (Å²) in [4.78, 5) is 0. The molecule has 2 rings (SSSR count). The first-order valence-electron chi connectivity index (χ1n) is 6.15. The zero-order valence-corrected chi connectivity index (χ0v) is 18.4. The van der Waals surface area contributed by atoms with Crippen molar-refractivity contribution in [3.8, 4) is 0 Å². The maximum atomic E-state index is 2.24. The Balaban J connectivity index is -0.000000102. The van der Waals surface area contributed by atoms with Gasteiger partial charge in [0.05, 0.1) is 0 Å². The summed E-state index contributed by atoms with van der Waals surface area (Å²) in [6.07, 6.45) is 0. The predicted octanol–water partition coefficient (Wildman–Crippen LogP) is -1.43. The molecule has 0 spiro atoms. The van der Waals surface area contributed by atoms with Crippen molar-refractivity contribution in [2.24, 2.45) is 0 Å². The van der Waals surface area contributed by atoms with Crippen LogP contribution in [0.2, 0.25) is 13.1 Å². The topological polar surface area (TPSA) is 0 Å². The minimum Gasteiger partial charge on any atom is -1.00 e. The Labute approximate surface area is 159 Å². The fraction of sp³-hybridized carbons (Fsp3) is 0.375. The van der Waals surface area contributed by atoms with E-state index in [0.717, 1.165) is 9.52 Å². The van der Waals surface area contributed by atoms with Crippen molar-refractivity contribution in [2.75, 3.05) is 0 Å². The smallest absolute Gasteiger partial charge is 1.00 e. The molecule has 0 saturated carbocycles. The van der Waals surface area contributed by atoms with Crippen molar-refractivity contribution in [2.45, 2.75) is 40.8 Å². The normalized spacial score (nSPS) is 7.50. The van der Waals surface area contributed by atoms with Crippen LogP contribution >= 0.6 is 0 Å². The third-order valence-electron chi connectivity index (χ3n) is 2.73. The molecule has 0 unspecified atom stereocenters. The van der Waals surface area contributed by atoms with Crippen molar-refractivity contribution in [1.82, 2.24) is 0 Å². The molecule has 0 fully saturated rings. The van der Waals surface area contributed by atoms with E-state index in [1.54, 1.807) is 0 Å². The van der Waals surface area contributed by atoms with E-state index in [4.69, 9.17) is 0 Å². The van der Waals surface area contributed by atoms with Gasteiger partial charge < -0.3 is 24.8 Å². The summed E-state index contributed by atoms with van der Waals surface area (Å²) in [7, 11) is 0.750. The Bertz CT molecular complexity index is 355. The van der Waals surface area contributed by atoms with Crippen molar-refractivity contribution < 1.29 is 51.0 Å². The van der Waals surface area contributed by atoms with Gasteiger partial charge in [0.25, 0.3) is 0 Å². The number of halogens is 2. The summed E-state index contributed by atoms with van der Waals surface area (Å²) in [5.41, 5.74) is 5.75. The molecule has 2 aromatic carbocycles. The first kappa shape index (κ1) is 28.5. The molecule has 0 nitrogen and oxygen atoms in total. The fourth-order valence-corrected chi connectivity index (χ4v) is 1.45. The van der Waals surface area contributed by atoms with E-state index in [-0.39, 0.29) is 51.0 Å². The van der Waals surface area contributed by atoms with Crippen LogP contribution in [-0.4, -0.2) is 9.52 Å². The summed E-state index contributed by atoms with van der Waals surface area (Å²) in [5, 5.41) is 0. The van der Waals surface area contributed by atoms with Gasteiger partial charge >= 0.3 is 26.2 Å². The van der Waals surface area contributed by atoms with Crippen LogP contribution in [0, 0.1) is 27.7 Å².